The van der Waals surface area contributed by atoms with Gasteiger partial charge in [0, 0.05) is 49.6 Å². The van der Waals surface area contributed by atoms with Crippen molar-refractivity contribution in [1.29, 1.82) is 0 Å². The molecular weight excluding hydrogens is 725 g/mol. The molecule has 3 aliphatic carbocycles. The standard InChI is InChI=1S/C58H50N2/c1-33-9-21-53-45(25-33)46-26-34(2)10-22-54(46)59(53)39-15-19-43-41-17-13-37(29-49(41)57(5,6)51(43)31-39)38-14-18-42-44-20-16-40(32-52(44)58(7,8)50(42)30-38)60-55-23-11-35(3)27-47(55)48-28-36(4)12-24-56(48)60/h9-11,13-23,25-32H,12,24H2,1-8H3. The lowest BCUT2D eigenvalue weighted by Crippen LogP contribution is -2.16. The molecule has 0 unspecified atom stereocenters. The number of fused-ring (bicyclic) bond motifs is 12. The Hall–Kier alpha value is -6.38. The van der Waals surface area contributed by atoms with Gasteiger partial charge in [0.25, 0.3) is 0 Å². The number of nitrogens with zero attached hydrogens (tertiary/aromatic N) is 2. The number of aryl methyl sites for hydroxylation is 3. The molecule has 0 fully saturated rings. The zero-order chi connectivity index (χ0) is 41.0. The zero-order valence-electron chi connectivity index (χ0n) is 36.0. The average molecular weight is 775 g/mol. The molecule has 0 saturated carbocycles. The third kappa shape index (κ3) is 4.82. The second kappa shape index (κ2) is 12.1. The summed E-state index contributed by atoms with van der Waals surface area (Å²) in [5.74, 6) is 0. The molecule has 292 valence electrons. The molecule has 0 spiro atoms. The van der Waals surface area contributed by atoms with E-state index in [0.29, 0.717) is 0 Å². The third-order valence-corrected chi connectivity index (χ3v) is 14.7. The van der Waals surface area contributed by atoms with Crippen molar-refractivity contribution in [3.05, 3.63) is 183 Å². The van der Waals surface area contributed by atoms with Crippen LogP contribution >= 0.6 is 0 Å². The predicted octanol–water partition coefficient (Wildman–Crippen LogP) is 15.3. The third-order valence-electron chi connectivity index (χ3n) is 14.7. The van der Waals surface area contributed by atoms with Crippen molar-refractivity contribution in [2.45, 2.75) is 79.1 Å². The Morgan fingerprint density at radius 3 is 1.32 bits per heavy atom. The fourth-order valence-corrected chi connectivity index (χ4v) is 11.4. The van der Waals surface area contributed by atoms with Gasteiger partial charge in [-0.15, -0.1) is 0 Å². The van der Waals surface area contributed by atoms with Crippen LogP contribution in [-0.2, 0) is 17.3 Å². The lowest BCUT2D eigenvalue weighted by molar-refractivity contribution is 0.659. The number of allylic oxidation sites excluding steroid dienone is 1. The van der Waals surface area contributed by atoms with Crippen LogP contribution in [0.4, 0.5) is 0 Å². The minimum absolute atomic E-state index is 0.139. The highest BCUT2D eigenvalue weighted by Gasteiger charge is 2.38. The maximum atomic E-state index is 2.55. The molecular formula is C58H50N2. The first-order valence-corrected chi connectivity index (χ1v) is 21.8. The number of aromatic nitrogens is 2. The quantitative estimate of drug-likeness (QED) is 0.169. The first kappa shape index (κ1) is 35.6. The molecule has 0 radical (unpaired) electrons. The normalized spacial score (nSPS) is 15.6. The van der Waals surface area contributed by atoms with Crippen molar-refractivity contribution >= 4 is 38.8 Å². The number of hydrogen-bond donors (Lipinski definition) is 0. The van der Waals surface area contributed by atoms with Crippen molar-refractivity contribution in [2.75, 3.05) is 0 Å². The maximum absolute atomic E-state index is 2.55. The lowest BCUT2D eigenvalue weighted by Gasteiger charge is -2.24. The summed E-state index contributed by atoms with van der Waals surface area (Å²) in [6, 6.07) is 49.5. The van der Waals surface area contributed by atoms with E-state index in [1.807, 2.05) is 0 Å². The molecule has 7 aromatic carbocycles. The molecule has 9 aromatic rings. The average Bonchev–Trinajstić information content (AvgIpc) is 3.88. The first-order chi connectivity index (χ1) is 28.9. The Bertz CT molecular complexity index is 3350. The van der Waals surface area contributed by atoms with Crippen molar-refractivity contribution in [1.82, 2.24) is 9.13 Å². The summed E-state index contributed by atoms with van der Waals surface area (Å²) in [5, 5.41) is 4.00. The van der Waals surface area contributed by atoms with Crippen LogP contribution in [0.2, 0.25) is 0 Å². The van der Waals surface area contributed by atoms with Crippen LogP contribution < -0.4 is 0 Å². The monoisotopic (exact) mass is 774 g/mol. The lowest BCUT2D eigenvalue weighted by atomic mass is 9.80. The molecule has 0 aliphatic heterocycles. The van der Waals surface area contributed by atoms with Gasteiger partial charge < -0.3 is 9.13 Å². The molecule has 2 nitrogen and oxygen atoms in total. The molecule has 0 amide bonds. The summed E-state index contributed by atoms with van der Waals surface area (Å²) in [6.45, 7) is 18.5. The van der Waals surface area contributed by atoms with Gasteiger partial charge in [0.1, 0.15) is 0 Å². The molecule has 3 aliphatic rings. The van der Waals surface area contributed by atoms with Gasteiger partial charge in [-0.05, 0) is 169 Å². The van der Waals surface area contributed by atoms with Crippen molar-refractivity contribution < 1.29 is 0 Å². The van der Waals surface area contributed by atoms with E-state index in [1.165, 1.54) is 133 Å². The maximum Gasteiger partial charge on any atom is 0.0541 e. The van der Waals surface area contributed by atoms with E-state index in [0.717, 1.165) is 12.8 Å². The highest BCUT2D eigenvalue weighted by molar-refractivity contribution is 6.10. The van der Waals surface area contributed by atoms with E-state index < -0.39 is 0 Å². The van der Waals surface area contributed by atoms with Crippen LogP contribution in [0.5, 0.6) is 0 Å². The van der Waals surface area contributed by atoms with Crippen molar-refractivity contribution in [2.24, 2.45) is 0 Å². The molecule has 12 rings (SSSR count). The number of hydrogen-bond acceptors (Lipinski definition) is 0. The number of benzene rings is 7. The van der Waals surface area contributed by atoms with Crippen molar-refractivity contribution in [3.8, 4) is 44.8 Å². The Balaban J connectivity index is 0.918. The molecule has 0 saturated heterocycles. The molecule has 2 aromatic heterocycles. The second-order valence-corrected chi connectivity index (χ2v) is 19.3. The molecule has 0 atom stereocenters. The largest absolute Gasteiger partial charge is 0.313 e. The van der Waals surface area contributed by atoms with E-state index in [9.17, 15) is 0 Å². The summed E-state index contributed by atoms with van der Waals surface area (Å²) in [5.41, 5.74) is 27.8. The van der Waals surface area contributed by atoms with Crippen LogP contribution in [0.1, 0.15) is 91.2 Å². The van der Waals surface area contributed by atoms with Crippen LogP contribution in [0.3, 0.4) is 0 Å². The zero-order valence-corrected chi connectivity index (χ0v) is 36.0. The van der Waals surface area contributed by atoms with Gasteiger partial charge in [0.2, 0.25) is 0 Å². The summed E-state index contributed by atoms with van der Waals surface area (Å²) in [7, 11) is 0. The Labute approximate surface area is 353 Å². The SMILES string of the molecule is CC1=Cc2c(n(-c3ccc4c(c3)C(C)(C)c3cc(-c5ccc6c(c5)C(C)(C)c5cc(-n7c8ccc(C)cc8c8cc(C)ccc87)ccc5-6)ccc3-4)c3ccc(C)cc23)CC1. The fourth-order valence-electron chi connectivity index (χ4n) is 11.4. The van der Waals surface area contributed by atoms with E-state index in [1.54, 1.807) is 0 Å². The predicted molar refractivity (Wildman–Crippen MR) is 254 cm³/mol. The summed E-state index contributed by atoms with van der Waals surface area (Å²) in [4.78, 5) is 0. The van der Waals surface area contributed by atoms with Crippen LogP contribution in [0.25, 0.3) is 83.5 Å². The smallest absolute Gasteiger partial charge is 0.0541 e. The summed E-state index contributed by atoms with van der Waals surface area (Å²) < 4.78 is 5.02. The Kier molecular flexibility index (Phi) is 7.17. The van der Waals surface area contributed by atoms with Gasteiger partial charge in [-0.3, -0.25) is 0 Å². The highest BCUT2D eigenvalue weighted by Crippen LogP contribution is 2.53. The second-order valence-electron chi connectivity index (χ2n) is 19.3. The van der Waals surface area contributed by atoms with Gasteiger partial charge in [-0.1, -0.05) is 111 Å². The van der Waals surface area contributed by atoms with Gasteiger partial charge in [-0.25, -0.2) is 0 Å². The summed E-state index contributed by atoms with van der Waals surface area (Å²) >= 11 is 0. The fraction of sp³-hybridized carbons (Fsp3) is 0.207. The topological polar surface area (TPSA) is 9.86 Å². The highest BCUT2D eigenvalue weighted by atomic mass is 15.0. The Morgan fingerprint density at radius 1 is 0.400 bits per heavy atom. The van der Waals surface area contributed by atoms with E-state index in [-0.39, 0.29) is 10.8 Å². The molecule has 0 N–H and O–H groups in total. The van der Waals surface area contributed by atoms with Gasteiger partial charge in [0.05, 0.1) is 16.6 Å². The van der Waals surface area contributed by atoms with Crippen LogP contribution in [-0.4, -0.2) is 9.13 Å². The van der Waals surface area contributed by atoms with E-state index in [4.69, 9.17) is 0 Å². The van der Waals surface area contributed by atoms with Crippen molar-refractivity contribution in [3.63, 3.8) is 0 Å². The van der Waals surface area contributed by atoms with Gasteiger partial charge in [0.15, 0.2) is 0 Å². The van der Waals surface area contributed by atoms with Gasteiger partial charge in [-0.2, -0.15) is 0 Å². The minimum atomic E-state index is -0.153. The van der Waals surface area contributed by atoms with Gasteiger partial charge >= 0.3 is 0 Å². The molecule has 2 heterocycles. The molecule has 60 heavy (non-hydrogen) atoms. The van der Waals surface area contributed by atoms with Crippen LogP contribution in [0, 0.1) is 20.8 Å². The molecule has 0 bridgehead atoms. The van der Waals surface area contributed by atoms with Crippen LogP contribution in [0.15, 0.2) is 133 Å². The number of rotatable bonds is 3. The van der Waals surface area contributed by atoms with E-state index in [2.05, 4.69) is 198 Å². The first-order valence-electron chi connectivity index (χ1n) is 21.8. The summed E-state index contributed by atoms with van der Waals surface area (Å²) in [6.07, 6.45) is 4.61. The van der Waals surface area contributed by atoms with E-state index >= 15 is 0 Å². The molecule has 2 heteroatoms. The minimum Gasteiger partial charge on any atom is -0.313 e. The Morgan fingerprint density at radius 2 is 0.817 bits per heavy atom.